The molecule has 2 heterocycles. The predicted octanol–water partition coefficient (Wildman–Crippen LogP) is 3.38. The van der Waals surface area contributed by atoms with E-state index in [-0.39, 0.29) is 37.9 Å². The van der Waals surface area contributed by atoms with Crippen molar-refractivity contribution >= 4 is 15.9 Å². The third-order valence-electron chi connectivity index (χ3n) is 5.18. The fourth-order valence-electron chi connectivity index (χ4n) is 3.47. The van der Waals surface area contributed by atoms with E-state index < -0.39 is 32.6 Å². The number of amides is 1. The zero-order valence-corrected chi connectivity index (χ0v) is 17.1. The summed E-state index contributed by atoms with van der Waals surface area (Å²) in [4.78, 5) is 15.8. The molecule has 3 rings (SSSR count). The molecule has 0 saturated carbocycles. The first-order chi connectivity index (χ1) is 14.1. The molecule has 6 nitrogen and oxygen atoms in total. The highest BCUT2D eigenvalue weighted by Crippen LogP contribution is 2.36. The van der Waals surface area contributed by atoms with Crippen LogP contribution < -0.4 is 5.32 Å². The molecule has 2 aromatic rings. The molecule has 1 N–H and O–H groups in total. The molecule has 162 valence electrons. The summed E-state index contributed by atoms with van der Waals surface area (Å²) in [5.74, 6) is -0.618. The van der Waals surface area contributed by atoms with Crippen LogP contribution in [0.1, 0.15) is 36.9 Å². The van der Waals surface area contributed by atoms with E-state index in [0.717, 1.165) is 28.1 Å². The molecular weight excluding hydrogens is 419 g/mol. The van der Waals surface area contributed by atoms with Crippen molar-refractivity contribution in [1.29, 1.82) is 0 Å². The van der Waals surface area contributed by atoms with Crippen LogP contribution in [0, 0.1) is 5.92 Å². The van der Waals surface area contributed by atoms with Gasteiger partial charge >= 0.3 is 6.18 Å². The fraction of sp³-hybridized carbons (Fsp3) is 0.400. The fourth-order valence-corrected chi connectivity index (χ4v) is 5.15. The molecule has 1 amide bonds. The highest BCUT2D eigenvalue weighted by atomic mass is 32.2. The molecule has 1 saturated heterocycles. The summed E-state index contributed by atoms with van der Waals surface area (Å²) in [6.07, 6.45) is -1.02. The lowest BCUT2D eigenvalue weighted by Crippen LogP contribution is -2.43. The zero-order chi connectivity index (χ0) is 21.9. The Bertz CT molecular complexity index is 989. The van der Waals surface area contributed by atoms with Gasteiger partial charge in [-0.1, -0.05) is 18.2 Å². The standard InChI is InChI=1S/C20H22F3N3O3S/c1-14(16-5-4-10-24-13-16)25-19(27)15-8-11-26(12-9-15)30(28,29)18-7-3-2-6-17(18)20(21,22)23/h2-7,10,13-15H,8-9,11-12H2,1H3,(H,25,27)/t14-/m0/s1. The van der Waals surface area contributed by atoms with Crippen molar-refractivity contribution in [2.75, 3.05) is 13.1 Å². The number of piperidine rings is 1. The SMILES string of the molecule is C[C@H](NC(=O)C1CCN(S(=O)(=O)c2ccccc2C(F)(F)F)CC1)c1cccnc1. The lowest BCUT2D eigenvalue weighted by Gasteiger charge is -2.31. The van der Waals surface area contributed by atoms with Crippen molar-refractivity contribution < 1.29 is 26.4 Å². The number of carbonyl (C=O) groups excluding carboxylic acids is 1. The van der Waals surface area contributed by atoms with Gasteiger partial charge in [0.1, 0.15) is 0 Å². The average Bonchev–Trinajstić information content (AvgIpc) is 2.74. The number of carbonyl (C=O) groups is 1. The number of halogens is 3. The van der Waals surface area contributed by atoms with E-state index in [1.54, 1.807) is 18.5 Å². The Morgan fingerprint density at radius 1 is 1.17 bits per heavy atom. The molecular formula is C20H22F3N3O3S. The molecule has 1 aliphatic rings. The first-order valence-electron chi connectivity index (χ1n) is 9.47. The Balaban J connectivity index is 1.66. The van der Waals surface area contributed by atoms with E-state index in [9.17, 15) is 26.4 Å². The molecule has 0 spiro atoms. The van der Waals surface area contributed by atoms with Crippen LogP contribution in [0.2, 0.25) is 0 Å². The van der Waals surface area contributed by atoms with E-state index >= 15 is 0 Å². The minimum Gasteiger partial charge on any atom is -0.349 e. The summed E-state index contributed by atoms with van der Waals surface area (Å²) < 4.78 is 66.3. The minimum absolute atomic E-state index is 0.0200. The number of rotatable bonds is 5. The van der Waals surface area contributed by atoms with Gasteiger partial charge in [0.25, 0.3) is 0 Å². The molecule has 1 aromatic carbocycles. The number of nitrogens with one attached hydrogen (secondary N) is 1. The van der Waals surface area contributed by atoms with Crippen molar-refractivity contribution in [2.45, 2.75) is 36.9 Å². The van der Waals surface area contributed by atoms with Crippen LogP contribution in [0.25, 0.3) is 0 Å². The van der Waals surface area contributed by atoms with Gasteiger partial charge in [0.2, 0.25) is 15.9 Å². The van der Waals surface area contributed by atoms with Crippen molar-refractivity contribution in [3.8, 4) is 0 Å². The number of hydrogen-bond acceptors (Lipinski definition) is 4. The first-order valence-corrected chi connectivity index (χ1v) is 10.9. The van der Waals surface area contributed by atoms with Gasteiger partial charge in [0.15, 0.2) is 0 Å². The van der Waals surface area contributed by atoms with Crippen LogP contribution >= 0.6 is 0 Å². The third-order valence-corrected chi connectivity index (χ3v) is 7.13. The number of pyridine rings is 1. The smallest absolute Gasteiger partial charge is 0.349 e. The van der Waals surface area contributed by atoms with Gasteiger partial charge in [-0.15, -0.1) is 0 Å². The summed E-state index contributed by atoms with van der Waals surface area (Å²) in [5, 5.41) is 2.88. The Kier molecular flexibility index (Phi) is 6.47. The lowest BCUT2D eigenvalue weighted by molar-refractivity contribution is -0.139. The molecule has 10 heteroatoms. The monoisotopic (exact) mass is 441 g/mol. The largest absolute Gasteiger partial charge is 0.417 e. The van der Waals surface area contributed by atoms with E-state index in [0.29, 0.717) is 0 Å². The second-order valence-electron chi connectivity index (χ2n) is 7.19. The molecule has 1 aliphatic heterocycles. The zero-order valence-electron chi connectivity index (χ0n) is 16.3. The number of sulfonamides is 1. The van der Waals surface area contributed by atoms with E-state index in [1.165, 1.54) is 6.07 Å². The van der Waals surface area contributed by atoms with Crippen LogP contribution in [0.5, 0.6) is 0 Å². The van der Waals surface area contributed by atoms with E-state index in [2.05, 4.69) is 10.3 Å². The predicted molar refractivity (Wildman–Crippen MR) is 104 cm³/mol. The molecule has 0 unspecified atom stereocenters. The second kappa shape index (κ2) is 8.73. The molecule has 1 aromatic heterocycles. The number of hydrogen-bond donors (Lipinski definition) is 1. The van der Waals surface area contributed by atoms with Crippen LogP contribution in [0.3, 0.4) is 0 Å². The Morgan fingerprint density at radius 2 is 1.83 bits per heavy atom. The maximum absolute atomic E-state index is 13.2. The Labute approximate surface area is 173 Å². The van der Waals surface area contributed by atoms with Crippen molar-refractivity contribution in [1.82, 2.24) is 14.6 Å². The van der Waals surface area contributed by atoms with Crippen LogP contribution in [0.4, 0.5) is 13.2 Å². The lowest BCUT2D eigenvalue weighted by atomic mass is 9.96. The number of aromatic nitrogens is 1. The van der Waals surface area contributed by atoms with Crippen molar-refractivity contribution in [3.05, 3.63) is 59.9 Å². The Morgan fingerprint density at radius 3 is 2.43 bits per heavy atom. The second-order valence-corrected chi connectivity index (χ2v) is 9.10. The normalized spacial score (nSPS) is 17.5. The summed E-state index contributed by atoms with van der Waals surface area (Å²) in [6, 6.07) is 7.49. The highest BCUT2D eigenvalue weighted by Gasteiger charge is 2.40. The van der Waals surface area contributed by atoms with Gasteiger partial charge in [-0.3, -0.25) is 9.78 Å². The first kappa shape index (κ1) is 22.2. The molecule has 0 aliphatic carbocycles. The maximum atomic E-state index is 13.2. The number of nitrogens with zero attached hydrogens (tertiary/aromatic N) is 2. The van der Waals surface area contributed by atoms with E-state index in [4.69, 9.17) is 0 Å². The summed E-state index contributed by atoms with van der Waals surface area (Å²) in [5.41, 5.74) is -0.343. The third kappa shape index (κ3) is 4.81. The topological polar surface area (TPSA) is 79.4 Å². The molecule has 1 fully saturated rings. The highest BCUT2D eigenvalue weighted by molar-refractivity contribution is 7.89. The van der Waals surface area contributed by atoms with Gasteiger partial charge < -0.3 is 5.32 Å². The van der Waals surface area contributed by atoms with Crippen LogP contribution in [-0.2, 0) is 21.0 Å². The maximum Gasteiger partial charge on any atom is 0.417 e. The molecule has 1 atom stereocenters. The van der Waals surface area contributed by atoms with Gasteiger partial charge in [0, 0.05) is 31.4 Å². The average molecular weight is 441 g/mol. The van der Waals surface area contributed by atoms with Crippen LogP contribution in [0.15, 0.2) is 53.7 Å². The minimum atomic E-state index is -4.77. The van der Waals surface area contributed by atoms with Crippen molar-refractivity contribution in [3.63, 3.8) is 0 Å². The van der Waals surface area contributed by atoms with Gasteiger partial charge in [0.05, 0.1) is 16.5 Å². The summed E-state index contributed by atoms with van der Waals surface area (Å²) >= 11 is 0. The van der Waals surface area contributed by atoms with Gasteiger partial charge in [-0.05, 0) is 43.5 Å². The summed E-state index contributed by atoms with van der Waals surface area (Å²) in [7, 11) is -4.32. The van der Waals surface area contributed by atoms with Crippen molar-refractivity contribution in [2.24, 2.45) is 5.92 Å². The Hall–Kier alpha value is -2.46. The summed E-state index contributed by atoms with van der Waals surface area (Å²) in [6.45, 7) is 1.78. The van der Waals surface area contributed by atoms with Gasteiger partial charge in [-0.25, -0.2) is 8.42 Å². The van der Waals surface area contributed by atoms with E-state index in [1.807, 2.05) is 13.0 Å². The number of alkyl halides is 3. The van der Waals surface area contributed by atoms with Gasteiger partial charge in [-0.2, -0.15) is 17.5 Å². The van der Waals surface area contributed by atoms with Crippen LogP contribution in [-0.4, -0.2) is 36.7 Å². The molecule has 0 bridgehead atoms. The number of benzene rings is 1. The molecule has 0 radical (unpaired) electrons. The molecule has 30 heavy (non-hydrogen) atoms. The quantitative estimate of drug-likeness (QED) is 0.772.